The van der Waals surface area contributed by atoms with Gasteiger partial charge in [0, 0.05) is 42.8 Å². The van der Waals surface area contributed by atoms with Crippen molar-refractivity contribution in [1.82, 2.24) is 9.80 Å². The van der Waals surface area contributed by atoms with Gasteiger partial charge in [-0.25, -0.2) is 0 Å². The number of nitrogens with zero attached hydrogens (tertiary/aromatic N) is 2. The molecule has 0 aromatic heterocycles. The second kappa shape index (κ2) is 7.60. The molecule has 0 aliphatic carbocycles. The molecule has 1 heterocycles. The maximum Gasteiger partial charge on any atom is 0.253 e. The average Bonchev–Trinajstić information content (AvgIpc) is 2.68. The van der Waals surface area contributed by atoms with Crippen LogP contribution in [-0.2, 0) is 6.54 Å². The lowest BCUT2D eigenvalue weighted by Gasteiger charge is -2.34. The van der Waals surface area contributed by atoms with Gasteiger partial charge >= 0.3 is 0 Å². The van der Waals surface area contributed by atoms with Gasteiger partial charge < -0.3 is 4.90 Å². The molecule has 1 saturated heterocycles. The van der Waals surface area contributed by atoms with E-state index < -0.39 is 0 Å². The van der Waals surface area contributed by atoms with E-state index in [2.05, 4.69) is 63.3 Å². The number of carbonyl (C=O) groups is 1. The molecular formula is C22H21BrN2O. The van der Waals surface area contributed by atoms with E-state index in [0.29, 0.717) is 0 Å². The Bertz CT molecular complexity index is 932. The molecule has 1 aliphatic heterocycles. The Hall–Kier alpha value is -2.17. The first-order valence-electron chi connectivity index (χ1n) is 8.94. The van der Waals surface area contributed by atoms with Crippen molar-refractivity contribution in [2.45, 2.75) is 6.54 Å². The van der Waals surface area contributed by atoms with Crippen LogP contribution in [0.3, 0.4) is 0 Å². The first kappa shape index (κ1) is 17.3. The molecule has 132 valence electrons. The summed E-state index contributed by atoms with van der Waals surface area (Å²) in [5, 5.41) is 2.56. The van der Waals surface area contributed by atoms with E-state index in [1.807, 2.05) is 29.2 Å². The molecule has 0 saturated carbocycles. The van der Waals surface area contributed by atoms with E-state index in [9.17, 15) is 4.79 Å². The topological polar surface area (TPSA) is 23.6 Å². The fraction of sp³-hybridized carbons (Fsp3) is 0.227. The molecule has 3 aromatic rings. The molecule has 4 rings (SSSR count). The lowest BCUT2D eigenvalue weighted by atomic mass is 10.1. The molecule has 26 heavy (non-hydrogen) atoms. The highest BCUT2D eigenvalue weighted by molar-refractivity contribution is 9.10. The summed E-state index contributed by atoms with van der Waals surface area (Å²) in [5.41, 5.74) is 2.08. The summed E-state index contributed by atoms with van der Waals surface area (Å²) in [6.07, 6.45) is 0. The second-order valence-electron chi connectivity index (χ2n) is 6.76. The van der Waals surface area contributed by atoms with Crippen molar-refractivity contribution in [3.63, 3.8) is 0 Å². The van der Waals surface area contributed by atoms with Crippen LogP contribution >= 0.6 is 15.9 Å². The van der Waals surface area contributed by atoms with Crippen LogP contribution in [0.25, 0.3) is 10.8 Å². The molecule has 0 spiro atoms. The van der Waals surface area contributed by atoms with Gasteiger partial charge in [0.05, 0.1) is 0 Å². The number of halogens is 1. The van der Waals surface area contributed by atoms with E-state index >= 15 is 0 Å². The standard InChI is InChI=1S/C22H21BrN2O/c23-21-7-3-6-20(15-21)22(26)25-12-10-24(11-13-25)16-17-8-9-18-4-1-2-5-19(18)14-17/h1-9,14-15H,10-13,16H2. The minimum atomic E-state index is 0.122. The van der Waals surface area contributed by atoms with Gasteiger partial charge in [0.15, 0.2) is 0 Å². The maximum atomic E-state index is 12.6. The van der Waals surface area contributed by atoms with Gasteiger partial charge in [-0.15, -0.1) is 0 Å². The van der Waals surface area contributed by atoms with Crippen LogP contribution in [-0.4, -0.2) is 41.9 Å². The van der Waals surface area contributed by atoms with Gasteiger partial charge in [-0.3, -0.25) is 9.69 Å². The van der Waals surface area contributed by atoms with Crippen LogP contribution in [0, 0.1) is 0 Å². The maximum absolute atomic E-state index is 12.6. The fourth-order valence-corrected chi connectivity index (χ4v) is 3.91. The lowest BCUT2D eigenvalue weighted by molar-refractivity contribution is 0.0628. The Kier molecular flexibility index (Phi) is 5.05. The summed E-state index contributed by atoms with van der Waals surface area (Å²) >= 11 is 3.44. The van der Waals surface area contributed by atoms with Crippen LogP contribution in [0.1, 0.15) is 15.9 Å². The number of piperazine rings is 1. The highest BCUT2D eigenvalue weighted by Gasteiger charge is 2.22. The summed E-state index contributed by atoms with van der Waals surface area (Å²) < 4.78 is 0.943. The SMILES string of the molecule is O=C(c1cccc(Br)c1)N1CCN(Cc2ccc3ccccc3c2)CC1. The molecule has 0 radical (unpaired) electrons. The van der Waals surface area contributed by atoms with Crippen LogP contribution in [0.2, 0.25) is 0 Å². The van der Waals surface area contributed by atoms with Gasteiger partial charge in [-0.2, -0.15) is 0 Å². The smallest absolute Gasteiger partial charge is 0.253 e. The van der Waals surface area contributed by atoms with Crippen molar-refractivity contribution in [2.75, 3.05) is 26.2 Å². The average molecular weight is 409 g/mol. The van der Waals surface area contributed by atoms with Crippen molar-refractivity contribution >= 4 is 32.6 Å². The fourth-order valence-electron chi connectivity index (χ4n) is 3.51. The number of hydrogen-bond acceptors (Lipinski definition) is 2. The molecule has 0 atom stereocenters. The molecule has 1 fully saturated rings. The third-order valence-corrected chi connectivity index (χ3v) is 5.44. The van der Waals surface area contributed by atoms with E-state index in [4.69, 9.17) is 0 Å². The van der Waals surface area contributed by atoms with Gasteiger partial charge in [-0.1, -0.05) is 58.4 Å². The molecule has 1 aliphatic rings. The predicted octanol–water partition coefficient (Wildman–Crippen LogP) is 4.56. The molecule has 4 heteroatoms. The zero-order valence-electron chi connectivity index (χ0n) is 14.6. The van der Waals surface area contributed by atoms with Gasteiger partial charge in [0.25, 0.3) is 5.91 Å². The van der Waals surface area contributed by atoms with Gasteiger partial charge in [0.1, 0.15) is 0 Å². The van der Waals surface area contributed by atoms with Crippen molar-refractivity contribution in [3.8, 4) is 0 Å². The molecule has 0 unspecified atom stereocenters. The number of hydrogen-bond donors (Lipinski definition) is 0. The quantitative estimate of drug-likeness (QED) is 0.633. The predicted molar refractivity (Wildman–Crippen MR) is 109 cm³/mol. The number of benzene rings is 3. The first-order chi connectivity index (χ1) is 12.7. The van der Waals surface area contributed by atoms with Crippen molar-refractivity contribution in [1.29, 1.82) is 0 Å². The zero-order valence-corrected chi connectivity index (χ0v) is 16.2. The van der Waals surface area contributed by atoms with Gasteiger partial charge in [0.2, 0.25) is 0 Å². The summed E-state index contributed by atoms with van der Waals surface area (Å²) in [7, 11) is 0. The van der Waals surface area contributed by atoms with Crippen LogP contribution in [0.15, 0.2) is 71.2 Å². The van der Waals surface area contributed by atoms with E-state index in [1.165, 1.54) is 16.3 Å². The Morgan fingerprint density at radius 1 is 0.846 bits per heavy atom. The van der Waals surface area contributed by atoms with Crippen LogP contribution < -0.4 is 0 Å². The Morgan fingerprint density at radius 2 is 1.62 bits per heavy atom. The summed E-state index contributed by atoms with van der Waals surface area (Å²) in [6.45, 7) is 4.31. The third-order valence-electron chi connectivity index (χ3n) is 4.95. The minimum Gasteiger partial charge on any atom is -0.336 e. The summed E-state index contributed by atoms with van der Waals surface area (Å²) in [5.74, 6) is 0.122. The van der Waals surface area contributed by atoms with Crippen molar-refractivity contribution < 1.29 is 4.79 Å². The highest BCUT2D eigenvalue weighted by Crippen LogP contribution is 2.18. The Balaban J connectivity index is 1.37. The van der Waals surface area contributed by atoms with E-state index in [-0.39, 0.29) is 5.91 Å². The normalized spacial score (nSPS) is 15.3. The van der Waals surface area contributed by atoms with Gasteiger partial charge in [-0.05, 0) is 40.6 Å². The minimum absolute atomic E-state index is 0.122. The number of carbonyl (C=O) groups excluding carboxylic acids is 1. The molecule has 3 aromatic carbocycles. The molecular weight excluding hydrogens is 388 g/mol. The molecule has 0 N–H and O–H groups in total. The largest absolute Gasteiger partial charge is 0.336 e. The number of amides is 1. The monoisotopic (exact) mass is 408 g/mol. The Labute approximate surface area is 162 Å². The van der Waals surface area contributed by atoms with E-state index in [1.54, 1.807) is 0 Å². The third kappa shape index (κ3) is 3.81. The van der Waals surface area contributed by atoms with Crippen LogP contribution in [0.5, 0.6) is 0 Å². The number of fused-ring (bicyclic) bond motifs is 1. The highest BCUT2D eigenvalue weighted by atomic mass is 79.9. The second-order valence-corrected chi connectivity index (χ2v) is 7.68. The lowest BCUT2D eigenvalue weighted by Crippen LogP contribution is -2.48. The Morgan fingerprint density at radius 3 is 2.38 bits per heavy atom. The molecule has 1 amide bonds. The number of rotatable bonds is 3. The van der Waals surface area contributed by atoms with Crippen molar-refractivity contribution in [3.05, 3.63) is 82.3 Å². The summed E-state index contributed by atoms with van der Waals surface area (Å²) in [4.78, 5) is 17.0. The van der Waals surface area contributed by atoms with Crippen LogP contribution in [0.4, 0.5) is 0 Å². The first-order valence-corrected chi connectivity index (χ1v) is 9.73. The van der Waals surface area contributed by atoms with Crippen molar-refractivity contribution in [2.24, 2.45) is 0 Å². The molecule has 3 nitrogen and oxygen atoms in total. The zero-order chi connectivity index (χ0) is 17.9. The van der Waals surface area contributed by atoms with E-state index in [0.717, 1.165) is 42.8 Å². The molecule has 0 bridgehead atoms. The summed E-state index contributed by atoms with van der Waals surface area (Å²) in [6, 6.07) is 22.8.